The number of aromatic nitrogens is 3. The fourth-order valence-electron chi connectivity index (χ4n) is 3.41. The second-order valence-electron chi connectivity index (χ2n) is 6.38. The number of nitrogens with zero attached hydrogens (tertiary/aromatic N) is 2. The Morgan fingerprint density at radius 3 is 3.00 bits per heavy atom. The first-order valence-electron chi connectivity index (χ1n) is 8.50. The highest BCUT2D eigenvalue weighted by molar-refractivity contribution is 7.18. The van der Waals surface area contributed by atoms with Gasteiger partial charge in [0.2, 0.25) is 0 Å². The van der Waals surface area contributed by atoms with Gasteiger partial charge in [0, 0.05) is 17.7 Å². The molecule has 1 aliphatic rings. The van der Waals surface area contributed by atoms with Crippen molar-refractivity contribution in [2.45, 2.75) is 12.3 Å². The van der Waals surface area contributed by atoms with E-state index in [0.29, 0.717) is 6.61 Å². The molecular weight excluding hydrogens is 346 g/mol. The predicted octanol–water partition coefficient (Wildman–Crippen LogP) is 4.41. The van der Waals surface area contributed by atoms with Crippen molar-refractivity contribution in [3.8, 4) is 22.6 Å². The Morgan fingerprint density at radius 1 is 1.23 bits per heavy atom. The number of nitrogens with one attached hydrogen (secondary N) is 1. The molecule has 130 valence electrons. The molecule has 1 atom stereocenters. The molecule has 3 heterocycles. The molecule has 0 spiro atoms. The summed E-state index contributed by atoms with van der Waals surface area (Å²) in [5.41, 5.74) is 4.27. The highest BCUT2D eigenvalue weighted by Crippen LogP contribution is 2.39. The maximum Gasteiger partial charge on any atom is 0.146 e. The Kier molecular flexibility index (Phi) is 3.64. The molecule has 2 aromatic carbocycles. The van der Waals surface area contributed by atoms with Crippen LogP contribution in [-0.2, 0) is 6.42 Å². The number of hydrogen-bond acceptors (Lipinski definition) is 5. The van der Waals surface area contributed by atoms with Crippen LogP contribution in [0.3, 0.4) is 0 Å². The lowest BCUT2D eigenvalue weighted by atomic mass is 9.97. The van der Waals surface area contributed by atoms with Gasteiger partial charge < -0.3 is 9.47 Å². The molecule has 0 saturated carbocycles. The van der Waals surface area contributed by atoms with Crippen molar-refractivity contribution >= 4 is 21.6 Å². The molecule has 1 N–H and O–H groups in total. The smallest absolute Gasteiger partial charge is 0.146 e. The molecule has 0 saturated heterocycles. The van der Waals surface area contributed by atoms with E-state index in [1.165, 1.54) is 5.56 Å². The van der Waals surface area contributed by atoms with Crippen LogP contribution in [0.15, 0.2) is 48.8 Å². The predicted molar refractivity (Wildman–Crippen MR) is 102 cm³/mol. The molecule has 0 fully saturated rings. The van der Waals surface area contributed by atoms with Gasteiger partial charge in [-0.1, -0.05) is 18.2 Å². The standard InChI is InChI=1S/C20H17N3O2S/c1-24-17-7-13(15-9-21-22-10-15)8-18-19(17)23-20(26-18)14-6-12-4-2-3-5-16(12)25-11-14/h2-5,7-10,14H,6,11H2,1H3,(H,21,22). The molecule has 26 heavy (non-hydrogen) atoms. The van der Waals surface area contributed by atoms with Gasteiger partial charge in [-0.3, -0.25) is 5.10 Å². The van der Waals surface area contributed by atoms with Gasteiger partial charge in [0.05, 0.1) is 24.6 Å². The Labute approximate surface area is 154 Å². The topological polar surface area (TPSA) is 60.0 Å². The molecule has 0 amide bonds. The SMILES string of the molecule is COc1cc(-c2cn[nH]c2)cc2sc(C3COc4ccccc4C3)nc12. The summed E-state index contributed by atoms with van der Waals surface area (Å²) in [6.45, 7) is 0.660. The third kappa shape index (κ3) is 2.54. The van der Waals surface area contributed by atoms with Gasteiger partial charge in [-0.05, 0) is 35.7 Å². The van der Waals surface area contributed by atoms with Crippen LogP contribution in [0.1, 0.15) is 16.5 Å². The molecule has 6 heteroatoms. The maximum absolute atomic E-state index is 5.95. The Balaban J connectivity index is 1.56. The van der Waals surface area contributed by atoms with Crippen LogP contribution < -0.4 is 9.47 Å². The lowest BCUT2D eigenvalue weighted by Crippen LogP contribution is -2.18. The van der Waals surface area contributed by atoms with Crippen molar-refractivity contribution in [2.24, 2.45) is 0 Å². The van der Waals surface area contributed by atoms with Crippen LogP contribution in [0.25, 0.3) is 21.3 Å². The second-order valence-corrected chi connectivity index (χ2v) is 7.45. The first-order chi connectivity index (χ1) is 12.8. The van der Waals surface area contributed by atoms with Crippen LogP contribution in [0, 0.1) is 0 Å². The number of fused-ring (bicyclic) bond motifs is 2. The highest BCUT2D eigenvalue weighted by Gasteiger charge is 2.25. The molecular formula is C20H17N3O2S. The molecule has 0 radical (unpaired) electrons. The van der Waals surface area contributed by atoms with Crippen LogP contribution in [0.4, 0.5) is 0 Å². The third-order valence-corrected chi connectivity index (χ3v) is 5.92. The van der Waals surface area contributed by atoms with Gasteiger partial charge in [0.25, 0.3) is 0 Å². The fraction of sp³-hybridized carbons (Fsp3) is 0.200. The lowest BCUT2D eigenvalue weighted by Gasteiger charge is -2.23. The van der Waals surface area contributed by atoms with E-state index in [1.54, 1.807) is 18.4 Å². The van der Waals surface area contributed by atoms with Crippen molar-refractivity contribution < 1.29 is 9.47 Å². The summed E-state index contributed by atoms with van der Waals surface area (Å²) in [5, 5.41) is 7.99. The largest absolute Gasteiger partial charge is 0.494 e. The van der Waals surface area contributed by atoms with E-state index < -0.39 is 0 Å². The summed E-state index contributed by atoms with van der Waals surface area (Å²) in [4.78, 5) is 4.89. The number of para-hydroxylation sites is 1. The Bertz CT molecular complexity index is 1070. The number of aromatic amines is 1. The lowest BCUT2D eigenvalue weighted by molar-refractivity contribution is 0.262. The van der Waals surface area contributed by atoms with Crippen LogP contribution in [-0.4, -0.2) is 28.9 Å². The van der Waals surface area contributed by atoms with Crippen molar-refractivity contribution in [1.82, 2.24) is 15.2 Å². The number of methoxy groups -OCH3 is 1. The summed E-state index contributed by atoms with van der Waals surface area (Å²) in [6.07, 6.45) is 4.65. The van der Waals surface area contributed by atoms with Crippen LogP contribution in [0.2, 0.25) is 0 Å². The zero-order chi connectivity index (χ0) is 17.5. The summed E-state index contributed by atoms with van der Waals surface area (Å²) < 4.78 is 12.7. The zero-order valence-corrected chi connectivity index (χ0v) is 15.0. The van der Waals surface area contributed by atoms with Crippen LogP contribution >= 0.6 is 11.3 Å². The zero-order valence-electron chi connectivity index (χ0n) is 14.2. The fourth-order valence-corrected chi connectivity index (χ4v) is 4.52. The monoisotopic (exact) mass is 363 g/mol. The normalized spacial score (nSPS) is 16.3. The van der Waals surface area contributed by atoms with Crippen molar-refractivity contribution in [2.75, 3.05) is 13.7 Å². The van der Waals surface area contributed by atoms with E-state index in [4.69, 9.17) is 14.5 Å². The van der Waals surface area contributed by atoms with Gasteiger partial charge in [-0.15, -0.1) is 11.3 Å². The minimum Gasteiger partial charge on any atom is -0.494 e. The van der Waals surface area contributed by atoms with E-state index >= 15 is 0 Å². The molecule has 2 aromatic heterocycles. The van der Waals surface area contributed by atoms with E-state index in [9.17, 15) is 0 Å². The van der Waals surface area contributed by atoms with E-state index in [-0.39, 0.29) is 5.92 Å². The minimum absolute atomic E-state index is 0.268. The molecule has 5 rings (SSSR count). The van der Waals surface area contributed by atoms with Gasteiger partial charge in [0.1, 0.15) is 22.0 Å². The number of ether oxygens (including phenoxy) is 2. The number of H-pyrrole nitrogens is 1. The summed E-state index contributed by atoms with van der Waals surface area (Å²) >= 11 is 1.72. The number of hydrogen-bond donors (Lipinski definition) is 1. The van der Waals surface area contributed by atoms with Gasteiger partial charge in [-0.2, -0.15) is 5.10 Å². The molecule has 1 unspecified atom stereocenters. The van der Waals surface area contributed by atoms with Gasteiger partial charge >= 0.3 is 0 Å². The summed E-state index contributed by atoms with van der Waals surface area (Å²) in [5.74, 6) is 2.05. The average molecular weight is 363 g/mol. The molecule has 4 aromatic rings. The van der Waals surface area contributed by atoms with Crippen molar-refractivity contribution in [1.29, 1.82) is 0 Å². The second kappa shape index (κ2) is 6.14. The Hall–Kier alpha value is -2.86. The molecule has 0 bridgehead atoms. The molecule has 1 aliphatic heterocycles. The minimum atomic E-state index is 0.268. The first kappa shape index (κ1) is 15.4. The van der Waals surface area contributed by atoms with Crippen LogP contribution in [0.5, 0.6) is 11.5 Å². The van der Waals surface area contributed by atoms with Gasteiger partial charge in [0.15, 0.2) is 0 Å². The quantitative estimate of drug-likeness (QED) is 0.586. The average Bonchev–Trinajstić information content (AvgIpc) is 3.36. The third-order valence-electron chi connectivity index (χ3n) is 4.76. The first-order valence-corrected chi connectivity index (χ1v) is 9.32. The van der Waals surface area contributed by atoms with E-state index in [2.05, 4.69) is 28.4 Å². The number of benzene rings is 2. The van der Waals surface area contributed by atoms with Crippen molar-refractivity contribution in [3.63, 3.8) is 0 Å². The maximum atomic E-state index is 5.95. The summed E-state index contributed by atoms with van der Waals surface area (Å²) in [6, 6.07) is 12.4. The van der Waals surface area contributed by atoms with E-state index in [0.717, 1.165) is 44.3 Å². The number of rotatable bonds is 3. The Morgan fingerprint density at radius 2 is 2.15 bits per heavy atom. The van der Waals surface area contributed by atoms with E-state index in [1.807, 2.05) is 30.6 Å². The molecule has 5 nitrogen and oxygen atoms in total. The number of thiazole rings is 1. The molecule has 0 aliphatic carbocycles. The summed E-state index contributed by atoms with van der Waals surface area (Å²) in [7, 11) is 1.69. The van der Waals surface area contributed by atoms with Crippen molar-refractivity contribution in [3.05, 3.63) is 59.4 Å². The highest BCUT2D eigenvalue weighted by atomic mass is 32.1. The van der Waals surface area contributed by atoms with Gasteiger partial charge in [-0.25, -0.2) is 4.98 Å².